The van der Waals surface area contributed by atoms with Crippen LogP contribution in [-0.2, 0) is 12.8 Å². The third-order valence-electron chi connectivity index (χ3n) is 4.70. The van der Waals surface area contributed by atoms with Gasteiger partial charge < -0.3 is 10.8 Å². The number of benzene rings is 2. The van der Waals surface area contributed by atoms with Gasteiger partial charge >= 0.3 is 0 Å². The zero-order valence-corrected chi connectivity index (χ0v) is 11.9. The van der Waals surface area contributed by atoms with E-state index in [1.165, 1.54) is 23.3 Å². The molecule has 2 aromatic carbocycles. The van der Waals surface area contributed by atoms with Crippen LogP contribution in [0.2, 0.25) is 0 Å². The standard InChI is InChI=1S/C18H20FNO/c19-16-7-3-6-14(10-16)17(21)18(12-20)9-8-13-4-1-2-5-15(13)11-18/h1-7,10,17,21H,8-9,11-12,20H2. The van der Waals surface area contributed by atoms with Gasteiger partial charge in [0.05, 0.1) is 6.10 Å². The molecule has 2 nitrogen and oxygen atoms in total. The predicted octanol–water partition coefficient (Wildman–Crippen LogP) is 2.99. The fraction of sp³-hybridized carbons (Fsp3) is 0.333. The van der Waals surface area contributed by atoms with Crippen LogP contribution in [0.5, 0.6) is 0 Å². The maximum absolute atomic E-state index is 13.4. The van der Waals surface area contributed by atoms with Gasteiger partial charge in [0.25, 0.3) is 0 Å². The number of nitrogens with two attached hydrogens (primary N) is 1. The molecule has 0 saturated carbocycles. The predicted molar refractivity (Wildman–Crippen MR) is 81.3 cm³/mol. The average molecular weight is 285 g/mol. The fourth-order valence-corrected chi connectivity index (χ4v) is 3.37. The van der Waals surface area contributed by atoms with Gasteiger partial charge in [-0.1, -0.05) is 36.4 Å². The Labute approximate surface area is 124 Å². The third kappa shape index (κ3) is 2.59. The summed E-state index contributed by atoms with van der Waals surface area (Å²) in [6.07, 6.45) is 1.71. The molecule has 3 heteroatoms. The average Bonchev–Trinajstić information content (AvgIpc) is 2.53. The van der Waals surface area contributed by atoms with Crippen molar-refractivity contribution in [3.05, 3.63) is 71.0 Å². The Morgan fingerprint density at radius 1 is 1.14 bits per heavy atom. The molecule has 0 fully saturated rings. The molecule has 1 aliphatic carbocycles. The summed E-state index contributed by atoms with van der Waals surface area (Å²) in [5, 5.41) is 10.8. The molecular formula is C18H20FNO. The highest BCUT2D eigenvalue weighted by Crippen LogP contribution is 2.44. The van der Waals surface area contributed by atoms with Crippen LogP contribution in [0, 0.1) is 11.2 Å². The highest BCUT2D eigenvalue weighted by Gasteiger charge is 2.40. The molecule has 0 spiro atoms. The van der Waals surface area contributed by atoms with E-state index in [1.807, 2.05) is 12.1 Å². The highest BCUT2D eigenvalue weighted by molar-refractivity contribution is 5.33. The van der Waals surface area contributed by atoms with Gasteiger partial charge in [-0.3, -0.25) is 0 Å². The van der Waals surface area contributed by atoms with Crippen LogP contribution in [0.3, 0.4) is 0 Å². The van der Waals surface area contributed by atoms with Crippen molar-refractivity contribution in [1.82, 2.24) is 0 Å². The summed E-state index contributed by atoms with van der Waals surface area (Å²) in [5.41, 5.74) is 8.78. The summed E-state index contributed by atoms with van der Waals surface area (Å²) in [6.45, 7) is 0.388. The van der Waals surface area contributed by atoms with Crippen LogP contribution in [0.1, 0.15) is 29.2 Å². The fourth-order valence-electron chi connectivity index (χ4n) is 3.37. The summed E-state index contributed by atoms with van der Waals surface area (Å²) in [6, 6.07) is 14.5. The van der Waals surface area contributed by atoms with Crippen molar-refractivity contribution >= 4 is 0 Å². The van der Waals surface area contributed by atoms with Crippen LogP contribution in [0.4, 0.5) is 4.39 Å². The molecule has 0 aliphatic heterocycles. The van der Waals surface area contributed by atoms with Crippen LogP contribution in [0.15, 0.2) is 48.5 Å². The lowest BCUT2D eigenvalue weighted by molar-refractivity contribution is 0.0175. The SMILES string of the molecule is NCC1(C(O)c2cccc(F)c2)CCc2ccccc2C1. The molecule has 2 unspecified atom stereocenters. The molecule has 2 aromatic rings. The monoisotopic (exact) mass is 285 g/mol. The number of aliphatic hydroxyl groups excluding tert-OH is 1. The summed E-state index contributed by atoms with van der Waals surface area (Å²) in [5.74, 6) is -0.324. The number of aliphatic hydroxyl groups is 1. The molecule has 0 radical (unpaired) electrons. The molecule has 0 heterocycles. The van der Waals surface area contributed by atoms with E-state index in [9.17, 15) is 9.50 Å². The Kier molecular flexibility index (Phi) is 3.79. The van der Waals surface area contributed by atoms with Gasteiger partial charge in [-0.2, -0.15) is 0 Å². The van der Waals surface area contributed by atoms with E-state index in [0.717, 1.165) is 19.3 Å². The van der Waals surface area contributed by atoms with E-state index in [2.05, 4.69) is 12.1 Å². The number of hydrogen-bond donors (Lipinski definition) is 2. The summed E-state index contributed by atoms with van der Waals surface area (Å²) in [7, 11) is 0. The summed E-state index contributed by atoms with van der Waals surface area (Å²) < 4.78 is 13.4. The van der Waals surface area contributed by atoms with Crippen LogP contribution in [-0.4, -0.2) is 11.7 Å². The van der Waals surface area contributed by atoms with Crippen molar-refractivity contribution in [2.24, 2.45) is 11.1 Å². The van der Waals surface area contributed by atoms with Crippen LogP contribution >= 0.6 is 0 Å². The lowest BCUT2D eigenvalue weighted by Crippen LogP contribution is -2.41. The molecule has 0 aromatic heterocycles. The quantitative estimate of drug-likeness (QED) is 0.910. The number of fused-ring (bicyclic) bond motifs is 1. The van der Waals surface area contributed by atoms with Gasteiger partial charge in [0.15, 0.2) is 0 Å². The van der Waals surface area contributed by atoms with Crippen molar-refractivity contribution < 1.29 is 9.50 Å². The molecule has 0 saturated heterocycles. The first-order valence-electron chi connectivity index (χ1n) is 7.35. The largest absolute Gasteiger partial charge is 0.388 e. The topological polar surface area (TPSA) is 46.2 Å². The highest BCUT2D eigenvalue weighted by atomic mass is 19.1. The molecular weight excluding hydrogens is 265 g/mol. The second kappa shape index (κ2) is 5.58. The van der Waals surface area contributed by atoms with E-state index in [4.69, 9.17) is 5.73 Å². The molecule has 0 amide bonds. The van der Waals surface area contributed by atoms with Gasteiger partial charge in [-0.25, -0.2) is 4.39 Å². The molecule has 2 atom stereocenters. The summed E-state index contributed by atoms with van der Waals surface area (Å²) in [4.78, 5) is 0. The minimum atomic E-state index is -0.744. The van der Waals surface area contributed by atoms with Crippen molar-refractivity contribution in [3.63, 3.8) is 0 Å². The Hall–Kier alpha value is -1.71. The molecule has 21 heavy (non-hydrogen) atoms. The first-order valence-corrected chi connectivity index (χ1v) is 7.35. The molecule has 110 valence electrons. The second-order valence-corrected chi connectivity index (χ2v) is 5.97. The number of halogens is 1. The van der Waals surface area contributed by atoms with E-state index in [-0.39, 0.29) is 5.82 Å². The van der Waals surface area contributed by atoms with E-state index in [0.29, 0.717) is 12.1 Å². The summed E-state index contributed by atoms with van der Waals surface area (Å²) >= 11 is 0. The van der Waals surface area contributed by atoms with E-state index < -0.39 is 11.5 Å². The van der Waals surface area contributed by atoms with Crippen molar-refractivity contribution in [1.29, 1.82) is 0 Å². The van der Waals surface area contributed by atoms with Crippen molar-refractivity contribution in [2.75, 3.05) is 6.54 Å². The minimum absolute atomic E-state index is 0.324. The molecule has 0 bridgehead atoms. The molecule has 3 rings (SSSR count). The lowest BCUT2D eigenvalue weighted by Gasteiger charge is -2.41. The lowest BCUT2D eigenvalue weighted by atomic mass is 9.66. The maximum Gasteiger partial charge on any atom is 0.123 e. The Balaban J connectivity index is 1.95. The Morgan fingerprint density at radius 2 is 1.90 bits per heavy atom. The van der Waals surface area contributed by atoms with Crippen molar-refractivity contribution in [3.8, 4) is 0 Å². The minimum Gasteiger partial charge on any atom is -0.388 e. The zero-order valence-electron chi connectivity index (χ0n) is 11.9. The first-order chi connectivity index (χ1) is 10.1. The van der Waals surface area contributed by atoms with Gasteiger partial charge in [-0.05, 0) is 48.1 Å². The van der Waals surface area contributed by atoms with Gasteiger partial charge in [-0.15, -0.1) is 0 Å². The Morgan fingerprint density at radius 3 is 2.62 bits per heavy atom. The molecule has 3 N–H and O–H groups in total. The zero-order chi connectivity index (χ0) is 14.9. The Bertz CT molecular complexity index is 643. The number of rotatable bonds is 3. The molecule has 1 aliphatic rings. The van der Waals surface area contributed by atoms with E-state index in [1.54, 1.807) is 12.1 Å². The van der Waals surface area contributed by atoms with Crippen LogP contribution in [0.25, 0.3) is 0 Å². The number of aryl methyl sites for hydroxylation is 1. The van der Waals surface area contributed by atoms with Gasteiger partial charge in [0.1, 0.15) is 5.82 Å². The van der Waals surface area contributed by atoms with Gasteiger partial charge in [0.2, 0.25) is 0 Å². The smallest absolute Gasteiger partial charge is 0.123 e. The first kappa shape index (κ1) is 14.2. The van der Waals surface area contributed by atoms with Crippen molar-refractivity contribution in [2.45, 2.75) is 25.4 Å². The second-order valence-electron chi connectivity index (χ2n) is 5.97. The van der Waals surface area contributed by atoms with E-state index >= 15 is 0 Å². The van der Waals surface area contributed by atoms with Crippen LogP contribution < -0.4 is 5.73 Å². The number of hydrogen-bond acceptors (Lipinski definition) is 2. The maximum atomic E-state index is 13.4. The third-order valence-corrected chi connectivity index (χ3v) is 4.70. The van der Waals surface area contributed by atoms with Gasteiger partial charge in [0, 0.05) is 12.0 Å². The normalized spacial score (nSPS) is 22.6.